The first-order chi connectivity index (χ1) is 9.19. The van der Waals surface area contributed by atoms with Crippen LogP contribution in [-0.4, -0.2) is 33.8 Å². The molecule has 1 aliphatic heterocycles. The molecular formula is C13H17BN2O3S. The Hall–Kier alpha value is -1.23. The number of nitrogens with zero attached hydrogens (tertiary/aromatic N) is 2. The number of hydrogen-bond donors (Lipinski definition) is 0. The molecule has 0 aliphatic carbocycles. The van der Waals surface area contributed by atoms with E-state index in [1.165, 1.54) is 12.5 Å². The smallest absolute Gasteiger partial charge is 0.399 e. The lowest BCUT2D eigenvalue weighted by Gasteiger charge is -2.32. The summed E-state index contributed by atoms with van der Waals surface area (Å²) in [6.45, 7) is 7.77. The van der Waals surface area contributed by atoms with Gasteiger partial charge < -0.3 is 9.31 Å². The lowest BCUT2D eigenvalue weighted by atomic mass is 9.77. The maximum absolute atomic E-state index is 11.7. The average Bonchev–Trinajstić information content (AvgIpc) is 2.57. The van der Waals surface area contributed by atoms with Gasteiger partial charge in [-0.25, -0.2) is 4.98 Å². The Labute approximate surface area is 121 Å². The molecule has 1 fully saturated rings. The quantitative estimate of drug-likeness (QED) is 0.760. The zero-order chi connectivity index (χ0) is 15.1. The summed E-state index contributed by atoms with van der Waals surface area (Å²) in [5, 5.41) is 9.60. The minimum absolute atomic E-state index is 0.264. The predicted molar refractivity (Wildman–Crippen MR) is 77.0 cm³/mol. The van der Waals surface area contributed by atoms with Crippen LogP contribution in [0.1, 0.15) is 33.3 Å². The summed E-state index contributed by atoms with van der Waals surface area (Å²) < 4.78 is 23.5. The molecule has 2 heterocycles. The van der Waals surface area contributed by atoms with Crippen molar-refractivity contribution in [2.45, 2.75) is 43.9 Å². The van der Waals surface area contributed by atoms with Crippen molar-refractivity contribution in [3.63, 3.8) is 0 Å². The number of nitriles is 1. The Morgan fingerprint density at radius 3 is 2.30 bits per heavy atom. The lowest BCUT2D eigenvalue weighted by Crippen LogP contribution is -2.41. The minimum atomic E-state index is -1.33. The summed E-state index contributed by atoms with van der Waals surface area (Å²) in [7, 11) is -1.99. The third-order valence-electron chi connectivity index (χ3n) is 3.84. The Kier molecular flexibility index (Phi) is 3.76. The second kappa shape index (κ2) is 4.95. The van der Waals surface area contributed by atoms with Crippen LogP contribution in [0, 0.1) is 11.3 Å². The SMILES string of the molecule is CS(=O)c1nccc(B2OC(C)(C)C(C)(C)O2)c1C#N. The largest absolute Gasteiger partial charge is 0.496 e. The van der Waals surface area contributed by atoms with Gasteiger partial charge in [0.1, 0.15) is 11.1 Å². The van der Waals surface area contributed by atoms with E-state index in [9.17, 15) is 9.47 Å². The molecule has 2 rings (SSSR count). The Morgan fingerprint density at radius 1 is 1.30 bits per heavy atom. The van der Waals surface area contributed by atoms with E-state index in [0.29, 0.717) is 5.46 Å². The third-order valence-corrected chi connectivity index (χ3v) is 4.69. The molecule has 5 nitrogen and oxygen atoms in total. The molecule has 1 saturated heterocycles. The molecule has 106 valence electrons. The average molecular weight is 292 g/mol. The zero-order valence-electron chi connectivity index (χ0n) is 12.3. The molecule has 0 saturated carbocycles. The summed E-state index contributed by atoms with van der Waals surface area (Å²) in [6, 6.07) is 3.74. The van der Waals surface area contributed by atoms with Gasteiger partial charge in [-0.15, -0.1) is 0 Å². The lowest BCUT2D eigenvalue weighted by molar-refractivity contribution is 0.00578. The van der Waals surface area contributed by atoms with Gasteiger partial charge in [0, 0.05) is 17.9 Å². The highest BCUT2D eigenvalue weighted by atomic mass is 32.2. The molecule has 0 bridgehead atoms. The van der Waals surface area contributed by atoms with E-state index in [1.54, 1.807) is 6.07 Å². The predicted octanol–water partition coefficient (Wildman–Crippen LogP) is 0.990. The highest BCUT2D eigenvalue weighted by Crippen LogP contribution is 2.36. The first kappa shape index (κ1) is 15.2. The molecule has 7 heteroatoms. The summed E-state index contributed by atoms with van der Waals surface area (Å²) in [5.74, 6) is 0. The van der Waals surface area contributed by atoms with Crippen LogP contribution >= 0.6 is 0 Å². The van der Waals surface area contributed by atoms with Crippen molar-refractivity contribution in [2.24, 2.45) is 0 Å². The molecule has 1 atom stereocenters. The van der Waals surface area contributed by atoms with Crippen LogP contribution in [0.25, 0.3) is 0 Å². The summed E-state index contributed by atoms with van der Waals surface area (Å²) >= 11 is 0. The Bertz CT molecular complexity index is 594. The van der Waals surface area contributed by atoms with Crippen molar-refractivity contribution < 1.29 is 13.5 Å². The Balaban J connectivity index is 2.49. The second-order valence-corrected chi connectivity index (χ2v) is 7.03. The normalized spacial score (nSPS) is 21.5. The van der Waals surface area contributed by atoms with Crippen molar-refractivity contribution >= 4 is 23.4 Å². The van der Waals surface area contributed by atoms with E-state index in [1.807, 2.05) is 27.7 Å². The van der Waals surface area contributed by atoms with Gasteiger partial charge in [-0.05, 0) is 33.8 Å². The number of hydrogen-bond acceptors (Lipinski definition) is 5. The molecule has 0 N–H and O–H groups in total. The van der Waals surface area contributed by atoms with E-state index < -0.39 is 29.1 Å². The van der Waals surface area contributed by atoms with Gasteiger partial charge in [0.15, 0.2) is 0 Å². The highest BCUT2D eigenvalue weighted by molar-refractivity contribution is 7.84. The molecular weight excluding hydrogens is 275 g/mol. The molecule has 20 heavy (non-hydrogen) atoms. The molecule has 0 amide bonds. The van der Waals surface area contributed by atoms with Gasteiger partial charge in [0.2, 0.25) is 0 Å². The molecule has 1 unspecified atom stereocenters. The van der Waals surface area contributed by atoms with E-state index in [2.05, 4.69) is 11.1 Å². The molecule has 0 aromatic carbocycles. The molecule has 1 aliphatic rings. The van der Waals surface area contributed by atoms with E-state index in [-0.39, 0.29) is 10.6 Å². The van der Waals surface area contributed by atoms with Gasteiger partial charge in [-0.1, -0.05) is 0 Å². The summed E-state index contributed by atoms with van der Waals surface area (Å²) in [4.78, 5) is 4.02. The van der Waals surface area contributed by atoms with Crippen LogP contribution in [-0.2, 0) is 20.1 Å². The number of aromatic nitrogens is 1. The summed E-state index contributed by atoms with van der Waals surface area (Å²) in [5.41, 5.74) is -0.128. The van der Waals surface area contributed by atoms with Crippen LogP contribution in [0.2, 0.25) is 0 Å². The van der Waals surface area contributed by atoms with Crippen LogP contribution < -0.4 is 5.46 Å². The molecule has 0 radical (unpaired) electrons. The van der Waals surface area contributed by atoms with Crippen molar-refractivity contribution in [1.82, 2.24) is 4.98 Å². The maximum Gasteiger partial charge on any atom is 0.496 e. The first-order valence-electron chi connectivity index (χ1n) is 6.27. The van der Waals surface area contributed by atoms with Crippen molar-refractivity contribution in [2.75, 3.05) is 6.26 Å². The molecule has 0 spiro atoms. The van der Waals surface area contributed by atoms with Crippen molar-refractivity contribution in [3.8, 4) is 6.07 Å². The van der Waals surface area contributed by atoms with Crippen LogP contribution in [0.3, 0.4) is 0 Å². The Morgan fingerprint density at radius 2 is 1.85 bits per heavy atom. The van der Waals surface area contributed by atoms with Gasteiger partial charge in [0.25, 0.3) is 0 Å². The zero-order valence-corrected chi connectivity index (χ0v) is 13.1. The fourth-order valence-corrected chi connectivity index (χ4v) is 2.61. The fourth-order valence-electron chi connectivity index (χ4n) is 1.95. The van der Waals surface area contributed by atoms with Crippen LogP contribution in [0.15, 0.2) is 17.3 Å². The van der Waals surface area contributed by atoms with E-state index in [4.69, 9.17) is 9.31 Å². The maximum atomic E-state index is 11.7. The van der Waals surface area contributed by atoms with Gasteiger partial charge in [-0.2, -0.15) is 5.26 Å². The van der Waals surface area contributed by atoms with E-state index in [0.717, 1.165) is 0 Å². The number of pyridine rings is 1. The van der Waals surface area contributed by atoms with E-state index >= 15 is 0 Å². The van der Waals surface area contributed by atoms with Crippen molar-refractivity contribution in [1.29, 1.82) is 5.26 Å². The van der Waals surface area contributed by atoms with Crippen molar-refractivity contribution in [3.05, 3.63) is 17.8 Å². The van der Waals surface area contributed by atoms with Gasteiger partial charge in [0.05, 0.1) is 27.6 Å². The van der Waals surface area contributed by atoms with Crippen LogP contribution in [0.4, 0.5) is 0 Å². The molecule has 1 aromatic rings. The monoisotopic (exact) mass is 292 g/mol. The standard InChI is InChI=1S/C13H17BN2O3S/c1-12(2)13(3,4)19-14(18-12)10-6-7-16-11(20(5)17)9(10)8-15/h6-7H,1-5H3. The topological polar surface area (TPSA) is 72.2 Å². The number of rotatable bonds is 2. The molecule has 1 aromatic heterocycles. The fraction of sp³-hybridized carbons (Fsp3) is 0.538. The minimum Gasteiger partial charge on any atom is -0.399 e. The highest BCUT2D eigenvalue weighted by Gasteiger charge is 2.52. The van der Waals surface area contributed by atoms with Gasteiger partial charge >= 0.3 is 7.12 Å². The van der Waals surface area contributed by atoms with Gasteiger partial charge in [-0.3, -0.25) is 4.21 Å². The summed E-state index contributed by atoms with van der Waals surface area (Å²) in [6.07, 6.45) is 3.02. The second-order valence-electron chi connectivity index (χ2n) is 5.73. The van der Waals surface area contributed by atoms with Crippen LogP contribution in [0.5, 0.6) is 0 Å². The third kappa shape index (κ3) is 2.39. The first-order valence-corrected chi connectivity index (χ1v) is 7.83.